The molecule has 0 spiro atoms. The van der Waals surface area contributed by atoms with Gasteiger partial charge in [-0.15, -0.1) is 12.6 Å². The number of H-pyrrole nitrogens is 1. The van der Waals surface area contributed by atoms with Gasteiger partial charge < -0.3 is 4.98 Å². The van der Waals surface area contributed by atoms with Crippen molar-refractivity contribution >= 4 is 23.8 Å². The molecule has 0 saturated carbocycles. The standard InChI is InChI=1S/C12H17N3S/c1-6(2)8-5-9-11(15-12(16)13-9)14-10(8)7(3)4/h5-7H,1-4H3,(H2,13,14,15,16). The third-order valence-electron chi connectivity index (χ3n) is 2.69. The Morgan fingerprint density at radius 1 is 1.12 bits per heavy atom. The SMILES string of the molecule is CC(C)c1cc2nc(S)[nH]c2nc1C(C)C. The maximum atomic E-state index is 4.65. The third kappa shape index (κ3) is 1.94. The van der Waals surface area contributed by atoms with Crippen molar-refractivity contribution in [2.75, 3.05) is 0 Å². The van der Waals surface area contributed by atoms with Crippen LogP contribution in [0.3, 0.4) is 0 Å². The van der Waals surface area contributed by atoms with E-state index in [4.69, 9.17) is 0 Å². The average molecular weight is 235 g/mol. The van der Waals surface area contributed by atoms with E-state index in [0.29, 0.717) is 17.0 Å². The molecule has 4 heteroatoms. The fraction of sp³-hybridized carbons (Fsp3) is 0.500. The predicted octanol–water partition coefficient (Wildman–Crippen LogP) is 3.49. The average Bonchev–Trinajstić information content (AvgIpc) is 2.54. The zero-order valence-electron chi connectivity index (χ0n) is 10.1. The molecule has 0 aliphatic carbocycles. The lowest BCUT2D eigenvalue weighted by Gasteiger charge is -2.14. The van der Waals surface area contributed by atoms with Gasteiger partial charge in [-0.1, -0.05) is 27.7 Å². The number of aromatic amines is 1. The van der Waals surface area contributed by atoms with E-state index in [1.54, 1.807) is 0 Å². The van der Waals surface area contributed by atoms with Crippen molar-refractivity contribution in [1.82, 2.24) is 15.0 Å². The number of thiol groups is 1. The zero-order valence-corrected chi connectivity index (χ0v) is 11.0. The highest BCUT2D eigenvalue weighted by molar-refractivity contribution is 7.80. The Bertz CT molecular complexity index is 469. The van der Waals surface area contributed by atoms with Crippen LogP contribution in [-0.2, 0) is 0 Å². The van der Waals surface area contributed by atoms with Crippen LogP contribution < -0.4 is 0 Å². The quantitative estimate of drug-likeness (QED) is 0.782. The van der Waals surface area contributed by atoms with Gasteiger partial charge in [-0.3, -0.25) is 0 Å². The lowest BCUT2D eigenvalue weighted by atomic mass is 9.95. The summed E-state index contributed by atoms with van der Waals surface area (Å²) in [5.41, 5.74) is 4.16. The molecule has 16 heavy (non-hydrogen) atoms. The van der Waals surface area contributed by atoms with Crippen molar-refractivity contribution in [1.29, 1.82) is 0 Å². The molecular weight excluding hydrogens is 218 g/mol. The number of rotatable bonds is 2. The Hall–Kier alpha value is -1.03. The highest BCUT2D eigenvalue weighted by Crippen LogP contribution is 2.27. The first-order chi connectivity index (χ1) is 7.49. The highest BCUT2D eigenvalue weighted by atomic mass is 32.1. The summed E-state index contributed by atoms with van der Waals surface area (Å²) in [6, 6.07) is 2.12. The largest absolute Gasteiger partial charge is 0.318 e. The molecule has 2 rings (SSSR count). The summed E-state index contributed by atoms with van der Waals surface area (Å²) in [5.74, 6) is 0.892. The minimum atomic E-state index is 0.425. The van der Waals surface area contributed by atoms with Crippen LogP contribution in [0.15, 0.2) is 11.2 Å². The fourth-order valence-electron chi connectivity index (χ4n) is 1.88. The van der Waals surface area contributed by atoms with Crippen LogP contribution in [0.5, 0.6) is 0 Å². The molecule has 0 atom stereocenters. The summed E-state index contributed by atoms with van der Waals surface area (Å²) in [5, 5.41) is 0.623. The van der Waals surface area contributed by atoms with E-state index in [-0.39, 0.29) is 0 Å². The molecule has 0 saturated heterocycles. The number of fused-ring (bicyclic) bond motifs is 1. The van der Waals surface area contributed by atoms with E-state index >= 15 is 0 Å². The normalized spacial score (nSPS) is 11.9. The molecular formula is C12H17N3S. The Morgan fingerprint density at radius 2 is 1.81 bits per heavy atom. The summed E-state index contributed by atoms with van der Waals surface area (Å²) >= 11 is 4.21. The maximum Gasteiger partial charge on any atom is 0.164 e. The number of hydrogen-bond donors (Lipinski definition) is 2. The molecule has 2 heterocycles. The molecule has 0 amide bonds. The molecule has 1 N–H and O–H groups in total. The summed E-state index contributed by atoms with van der Waals surface area (Å²) in [6.45, 7) is 8.70. The topological polar surface area (TPSA) is 41.6 Å². The van der Waals surface area contributed by atoms with Crippen LogP contribution in [0.4, 0.5) is 0 Å². The number of nitrogens with one attached hydrogen (secondary N) is 1. The molecule has 2 aromatic rings. The van der Waals surface area contributed by atoms with E-state index in [9.17, 15) is 0 Å². The number of nitrogens with zero attached hydrogens (tertiary/aromatic N) is 2. The molecule has 3 nitrogen and oxygen atoms in total. The fourth-order valence-corrected chi connectivity index (χ4v) is 2.10. The van der Waals surface area contributed by atoms with Gasteiger partial charge in [0.25, 0.3) is 0 Å². The minimum Gasteiger partial charge on any atom is -0.318 e. The van der Waals surface area contributed by atoms with E-state index in [1.165, 1.54) is 5.56 Å². The van der Waals surface area contributed by atoms with Crippen molar-refractivity contribution < 1.29 is 0 Å². The van der Waals surface area contributed by atoms with Crippen molar-refractivity contribution in [3.8, 4) is 0 Å². The summed E-state index contributed by atoms with van der Waals surface area (Å²) in [6.07, 6.45) is 0. The van der Waals surface area contributed by atoms with Gasteiger partial charge in [-0.2, -0.15) is 0 Å². The third-order valence-corrected chi connectivity index (χ3v) is 2.90. The summed E-state index contributed by atoms with van der Waals surface area (Å²) in [7, 11) is 0. The van der Waals surface area contributed by atoms with Crippen LogP contribution in [0.25, 0.3) is 11.2 Å². The molecule has 0 aliphatic rings. The van der Waals surface area contributed by atoms with Gasteiger partial charge in [0.2, 0.25) is 0 Å². The van der Waals surface area contributed by atoms with Crippen LogP contribution >= 0.6 is 12.6 Å². The van der Waals surface area contributed by atoms with Crippen LogP contribution in [0.1, 0.15) is 50.8 Å². The van der Waals surface area contributed by atoms with Gasteiger partial charge >= 0.3 is 0 Å². The first-order valence-corrected chi connectivity index (χ1v) is 6.03. The van der Waals surface area contributed by atoms with Gasteiger partial charge in [0, 0.05) is 5.69 Å². The number of imidazole rings is 1. The first-order valence-electron chi connectivity index (χ1n) is 5.58. The number of aromatic nitrogens is 3. The molecule has 0 fully saturated rings. The molecule has 0 bridgehead atoms. The Balaban J connectivity index is 2.70. The second-order valence-corrected chi connectivity index (χ2v) is 5.12. The lowest BCUT2D eigenvalue weighted by Crippen LogP contribution is -2.02. The van der Waals surface area contributed by atoms with Crippen molar-refractivity contribution in [2.45, 2.75) is 44.7 Å². The van der Waals surface area contributed by atoms with Gasteiger partial charge in [-0.25, -0.2) is 9.97 Å². The molecule has 86 valence electrons. The molecule has 0 aliphatic heterocycles. The second-order valence-electron chi connectivity index (χ2n) is 4.70. The number of hydrogen-bond acceptors (Lipinski definition) is 3. The summed E-state index contributed by atoms with van der Waals surface area (Å²) in [4.78, 5) is 12.0. The van der Waals surface area contributed by atoms with Crippen molar-refractivity contribution in [3.05, 3.63) is 17.3 Å². The van der Waals surface area contributed by atoms with E-state index in [0.717, 1.165) is 16.9 Å². The second kappa shape index (κ2) is 4.09. The van der Waals surface area contributed by atoms with Crippen LogP contribution in [-0.4, -0.2) is 15.0 Å². The molecule has 0 radical (unpaired) electrons. The monoisotopic (exact) mass is 235 g/mol. The van der Waals surface area contributed by atoms with Gasteiger partial charge in [0.1, 0.15) is 5.52 Å². The van der Waals surface area contributed by atoms with E-state index < -0.39 is 0 Å². The molecule has 0 unspecified atom stereocenters. The molecule has 0 aromatic carbocycles. The summed E-state index contributed by atoms with van der Waals surface area (Å²) < 4.78 is 0. The van der Waals surface area contributed by atoms with Gasteiger partial charge in [-0.05, 0) is 23.5 Å². The van der Waals surface area contributed by atoms with E-state index in [1.807, 2.05) is 0 Å². The van der Waals surface area contributed by atoms with Crippen LogP contribution in [0, 0.1) is 0 Å². The Labute approximate surface area is 101 Å². The van der Waals surface area contributed by atoms with Crippen molar-refractivity contribution in [2.24, 2.45) is 0 Å². The maximum absolute atomic E-state index is 4.65. The highest BCUT2D eigenvalue weighted by Gasteiger charge is 2.14. The molecule has 2 aromatic heterocycles. The van der Waals surface area contributed by atoms with Gasteiger partial charge in [0.15, 0.2) is 10.8 Å². The predicted molar refractivity (Wildman–Crippen MR) is 69.3 cm³/mol. The van der Waals surface area contributed by atoms with Crippen molar-refractivity contribution in [3.63, 3.8) is 0 Å². The Kier molecular flexibility index (Phi) is 2.93. The minimum absolute atomic E-state index is 0.425. The Morgan fingerprint density at radius 3 is 2.38 bits per heavy atom. The zero-order chi connectivity index (χ0) is 11.9. The smallest absolute Gasteiger partial charge is 0.164 e. The first kappa shape index (κ1) is 11.5. The number of pyridine rings is 1. The lowest BCUT2D eigenvalue weighted by molar-refractivity contribution is 0.763. The van der Waals surface area contributed by atoms with Crippen LogP contribution in [0.2, 0.25) is 0 Å². The van der Waals surface area contributed by atoms with Gasteiger partial charge in [0.05, 0.1) is 0 Å². The van der Waals surface area contributed by atoms with E-state index in [2.05, 4.69) is 61.3 Å².